The van der Waals surface area contributed by atoms with Crippen LogP contribution < -0.4 is 0 Å². The molecule has 0 heterocycles. The lowest BCUT2D eigenvalue weighted by atomic mass is 9.70. The van der Waals surface area contributed by atoms with Gasteiger partial charge in [-0.3, -0.25) is 0 Å². The van der Waals surface area contributed by atoms with Gasteiger partial charge in [0.05, 0.1) is 5.71 Å². The number of oxime groups is 1. The molecule has 0 atom stereocenters. The second-order valence-corrected chi connectivity index (χ2v) is 3.59. The number of carboxylic acids is 1. The third-order valence-corrected chi connectivity index (χ3v) is 2.13. The number of hydrogen-bond acceptors (Lipinski definition) is 3. The van der Waals surface area contributed by atoms with Gasteiger partial charge < -0.3 is 9.94 Å². The molecule has 1 aliphatic carbocycles. The van der Waals surface area contributed by atoms with Crippen LogP contribution in [0.15, 0.2) is 5.16 Å². The van der Waals surface area contributed by atoms with Gasteiger partial charge in [0.2, 0.25) is 6.61 Å². The van der Waals surface area contributed by atoms with Crippen molar-refractivity contribution in [2.75, 3.05) is 6.61 Å². The molecule has 0 spiro atoms. The van der Waals surface area contributed by atoms with E-state index < -0.39 is 5.97 Å². The highest BCUT2D eigenvalue weighted by molar-refractivity contribution is 5.94. The highest BCUT2D eigenvalue weighted by atomic mass is 16.6. The molecule has 1 saturated carbocycles. The molecule has 1 aliphatic rings. The quantitative estimate of drug-likeness (QED) is 0.650. The van der Waals surface area contributed by atoms with Crippen molar-refractivity contribution >= 4 is 11.7 Å². The second kappa shape index (κ2) is 3.13. The molecule has 1 rings (SSSR count). The van der Waals surface area contributed by atoms with E-state index >= 15 is 0 Å². The van der Waals surface area contributed by atoms with E-state index in [9.17, 15) is 4.79 Å². The van der Waals surface area contributed by atoms with Crippen molar-refractivity contribution in [1.29, 1.82) is 0 Å². The van der Waals surface area contributed by atoms with Gasteiger partial charge >= 0.3 is 5.97 Å². The van der Waals surface area contributed by atoms with Crippen molar-refractivity contribution in [3.63, 3.8) is 0 Å². The molecular formula is C8H13NO3. The topological polar surface area (TPSA) is 58.9 Å². The van der Waals surface area contributed by atoms with Gasteiger partial charge in [-0.15, -0.1) is 0 Å². The second-order valence-electron chi connectivity index (χ2n) is 3.59. The smallest absolute Gasteiger partial charge is 0.344 e. The van der Waals surface area contributed by atoms with Crippen LogP contribution in [-0.2, 0) is 9.63 Å². The van der Waals surface area contributed by atoms with Crippen LogP contribution >= 0.6 is 0 Å². The van der Waals surface area contributed by atoms with E-state index in [1.54, 1.807) is 0 Å². The molecule has 68 valence electrons. The zero-order chi connectivity index (χ0) is 9.19. The maximum absolute atomic E-state index is 10.1. The largest absolute Gasteiger partial charge is 0.479 e. The summed E-state index contributed by atoms with van der Waals surface area (Å²) in [5, 5.41) is 12.0. The molecule has 4 heteroatoms. The molecule has 4 nitrogen and oxygen atoms in total. The predicted octanol–water partition coefficient (Wildman–Crippen LogP) is 1.26. The van der Waals surface area contributed by atoms with Crippen LogP contribution in [0.4, 0.5) is 0 Å². The van der Waals surface area contributed by atoms with Crippen molar-refractivity contribution in [2.24, 2.45) is 10.6 Å². The van der Waals surface area contributed by atoms with Gasteiger partial charge in [-0.2, -0.15) is 0 Å². The van der Waals surface area contributed by atoms with Crippen molar-refractivity contribution < 1.29 is 14.7 Å². The maximum Gasteiger partial charge on any atom is 0.344 e. The summed E-state index contributed by atoms with van der Waals surface area (Å²) in [6, 6.07) is 0. The van der Waals surface area contributed by atoms with Gasteiger partial charge in [-0.25, -0.2) is 4.79 Å². The molecule has 0 amide bonds. The van der Waals surface area contributed by atoms with Gasteiger partial charge in [-0.1, -0.05) is 19.0 Å². The van der Waals surface area contributed by atoms with E-state index in [1.807, 2.05) is 0 Å². The summed E-state index contributed by atoms with van der Waals surface area (Å²) in [7, 11) is 0. The molecule has 0 aromatic heterocycles. The summed E-state index contributed by atoms with van der Waals surface area (Å²) in [4.78, 5) is 14.7. The Morgan fingerprint density at radius 1 is 1.75 bits per heavy atom. The van der Waals surface area contributed by atoms with Crippen molar-refractivity contribution in [3.05, 3.63) is 0 Å². The summed E-state index contributed by atoms with van der Waals surface area (Å²) < 4.78 is 0. The maximum atomic E-state index is 10.1. The standard InChI is InChI=1S/C8H13NO3/c1-8(2)4-3-6(8)9-12-5-7(10)11/h3-5H2,1-2H3,(H,10,11)/b9-6+. The predicted molar refractivity (Wildman–Crippen MR) is 44.0 cm³/mol. The number of carboxylic acid groups (broad SMARTS) is 1. The Morgan fingerprint density at radius 3 is 2.75 bits per heavy atom. The van der Waals surface area contributed by atoms with Gasteiger partial charge in [0, 0.05) is 5.41 Å². The fraction of sp³-hybridized carbons (Fsp3) is 0.750. The first-order valence-corrected chi connectivity index (χ1v) is 3.93. The third kappa shape index (κ3) is 1.96. The van der Waals surface area contributed by atoms with Crippen LogP contribution in [0.2, 0.25) is 0 Å². The zero-order valence-corrected chi connectivity index (χ0v) is 7.33. The number of carbonyl (C=O) groups is 1. The highest BCUT2D eigenvalue weighted by Crippen LogP contribution is 2.36. The van der Waals surface area contributed by atoms with Crippen LogP contribution in [0.1, 0.15) is 26.7 Å². The monoisotopic (exact) mass is 171 g/mol. The summed E-state index contributed by atoms with van der Waals surface area (Å²) in [6.07, 6.45) is 2.02. The first kappa shape index (κ1) is 9.03. The van der Waals surface area contributed by atoms with Crippen LogP contribution in [0.5, 0.6) is 0 Å². The normalized spacial score (nSPS) is 23.3. The van der Waals surface area contributed by atoms with Crippen LogP contribution in [0, 0.1) is 5.41 Å². The van der Waals surface area contributed by atoms with E-state index in [2.05, 4.69) is 23.8 Å². The molecule has 0 unspecified atom stereocenters. The molecule has 1 N–H and O–H groups in total. The summed E-state index contributed by atoms with van der Waals surface area (Å²) in [5.41, 5.74) is 1.07. The molecular weight excluding hydrogens is 158 g/mol. The average Bonchev–Trinajstić information content (AvgIpc) is 1.95. The minimum Gasteiger partial charge on any atom is -0.479 e. The Hall–Kier alpha value is -1.06. The lowest BCUT2D eigenvalue weighted by Crippen LogP contribution is -2.35. The summed E-state index contributed by atoms with van der Waals surface area (Å²) in [6.45, 7) is 3.79. The molecule has 0 radical (unpaired) electrons. The van der Waals surface area contributed by atoms with Gasteiger partial charge in [0.15, 0.2) is 0 Å². The first-order chi connectivity index (χ1) is 5.52. The van der Waals surface area contributed by atoms with Crippen LogP contribution in [-0.4, -0.2) is 23.4 Å². The van der Waals surface area contributed by atoms with Gasteiger partial charge in [-0.05, 0) is 12.8 Å². The first-order valence-electron chi connectivity index (χ1n) is 3.93. The van der Waals surface area contributed by atoms with E-state index in [-0.39, 0.29) is 12.0 Å². The number of hydrogen-bond donors (Lipinski definition) is 1. The number of aliphatic carboxylic acids is 1. The van der Waals surface area contributed by atoms with E-state index in [0.717, 1.165) is 18.6 Å². The molecule has 0 aromatic carbocycles. The van der Waals surface area contributed by atoms with E-state index in [0.29, 0.717) is 0 Å². The molecule has 12 heavy (non-hydrogen) atoms. The van der Waals surface area contributed by atoms with Gasteiger partial charge in [0.1, 0.15) is 0 Å². The number of nitrogens with zero attached hydrogens (tertiary/aromatic N) is 1. The molecule has 1 fully saturated rings. The molecule has 0 saturated heterocycles. The Kier molecular flexibility index (Phi) is 2.35. The Morgan fingerprint density at radius 2 is 2.42 bits per heavy atom. The SMILES string of the molecule is CC1(C)CC/C1=N\OCC(=O)O. The summed E-state index contributed by atoms with van der Waals surface area (Å²) in [5.74, 6) is -0.989. The van der Waals surface area contributed by atoms with E-state index in [4.69, 9.17) is 5.11 Å². The lowest BCUT2D eigenvalue weighted by Gasteiger charge is -2.35. The fourth-order valence-corrected chi connectivity index (χ4v) is 1.07. The van der Waals surface area contributed by atoms with Crippen LogP contribution in [0.3, 0.4) is 0 Å². The minimum atomic E-state index is -0.989. The zero-order valence-electron chi connectivity index (χ0n) is 7.33. The Balaban J connectivity index is 2.33. The highest BCUT2D eigenvalue weighted by Gasteiger charge is 2.34. The Bertz CT molecular complexity index is 220. The molecule has 0 aromatic rings. The lowest BCUT2D eigenvalue weighted by molar-refractivity contribution is -0.142. The van der Waals surface area contributed by atoms with Crippen LogP contribution in [0.25, 0.3) is 0 Å². The van der Waals surface area contributed by atoms with Gasteiger partial charge in [0.25, 0.3) is 0 Å². The fourth-order valence-electron chi connectivity index (χ4n) is 1.07. The summed E-state index contributed by atoms with van der Waals surface area (Å²) >= 11 is 0. The minimum absolute atomic E-state index is 0.110. The number of rotatable bonds is 3. The average molecular weight is 171 g/mol. The molecule has 0 bridgehead atoms. The van der Waals surface area contributed by atoms with Crippen molar-refractivity contribution in [1.82, 2.24) is 0 Å². The third-order valence-electron chi connectivity index (χ3n) is 2.13. The van der Waals surface area contributed by atoms with Crippen molar-refractivity contribution in [2.45, 2.75) is 26.7 Å². The van der Waals surface area contributed by atoms with E-state index in [1.165, 1.54) is 0 Å². The Labute approximate surface area is 71.2 Å². The molecule has 0 aliphatic heterocycles. The van der Waals surface area contributed by atoms with Crippen molar-refractivity contribution in [3.8, 4) is 0 Å².